The summed E-state index contributed by atoms with van der Waals surface area (Å²) in [5.41, 5.74) is -1.33. The van der Waals surface area contributed by atoms with Crippen molar-refractivity contribution in [3.8, 4) is 0 Å². The van der Waals surface area contributed by atoms with Crippen LogP contribution in [0.1, 0.15) is 38.6 Å². The Morgan fingerprint density at radius 2 is 2.04 bits per heavy atom. The highest BCUT2D eigenvalue weighted by Gasteiger charge is 2.42. The summed E-state index contributed by atoms with van der Waals surface area (Å²) < 4.78 is 11.8. The Morgan fingerprint density at radius 3 is 2.50 bits per heavy atom. The normalized spacial score (nSPS) is 17.6. The van der Waals surface area contributed by atoms with Crippen LogP contribution in [0.4, 0.5) is 4.79 Å². The Balaban J connectivity index is 2.09. The second-order valence-electron chi connectivity index (χ2n) is 6.62. The first-order valence-corrected chi connectivity index (χ1v) is 9.24. The van der Waals surface area contributed by atoms with Gasteiger partial charge < -0.3 is 19.5 Å². The molecule has 1 fully saturated rings. The number of hydrogen-bond donors (Lipinski definition) is 1. The summed E-state index contributed by atoms with van der Waals surface area (Å²) in [6, 6.07) is 0. The zero-order valence-electron chi connectivity index (χ0n) is 13.9. The number of rotatable bonds is 4. The summed E-state index contributed by atoms with van der Waals surface area (Å²) in [5.74, 6) is -1.03. The number of likely N-dealkylation sites (tertiary alicyclic amines) is 1. The van der Waals surface area contributed by atoms with Crippen LogP contribution in [0.5, 0.6) is 0 Å². The number of aliphatic carboxylic acids is 1. The number of piperidine rings is 1. The highest BCUT2D eigenvalue weighted by atomic mass is 79.9. The van der Waals surface area contributed by atoms with E-state index in [-0.39, 0.29) is 6.09 Å². The van der Waals surface area contributed by atoms with Gasteiger partial charge in [0, 0.05) is 31.3 Å². The van der Waals surface area contributed by atoms with Crippen LogP contribution >= 0.6 is 27.3 Å². The van der Waals surface area contributed by atoms with Gasteiger partial charge in [-0.2, -0.15) is 0 Å². The minimum absolute atomic E-state index is 0.366. The van der Waals surface area contributed by atoms with E-state index in [4.69, 9.17) is 14.6 Å². The van der Waals surface area contributed by atoms with Gasteiger partial charge in [-0.15, -0.1) is 11.3 Å². The molecule has 24 heavy (non-hydrogen) atoms. The molecule has 1 saturated heterocycles. The third-order valence-electron chi connectivity index (χ3n) is 3.56. The van der Waals surface area contributed by atoms with Crippen LogP contribution in [-0.4, -0.2) is 52.4 Å². The second kappa shape index (κ2) is 7.37. The molecule has 1 N–H and O–H groups in total. The maximum absolute atomic E-state index is 12.2. The molecule has 2 heterocycles. The fourth-order valence-electron chi connectivity index (χ4n) is 2.46. The third-order valence-corrected chi connectivity index (χ3v) is 5.30. The van der Waals surface area contributed by atoms with E-state index < -0.39 is 23.8 Å². The molecule has 0 saturated carbocycles. The first kappa shape index (κ1) is 19.1. The lowest BCUT2D eigenvalue weighted by atomic mass is 9.91. The Kier molecular flexibility index (Phi) is 5.87. The average Bonchev–Trinajstić information content (AvgIpc) is 2.91. The van der Waals surface area contributed by atoms with E-state index in [2.05, 4.69) is 20.9 Å². The van der Waals surface area contributed by atoms with Crippen LogP contribution in [0, 0.1) is 0 Å². The Morgan fingerprint density at radius 1 is 1.42 bits per heavy atom. The molecule has 1 aromatic heterocycles. The number of carboxylic acids is 1. The fraction of sp³-hybridized carbons (Fsp3) is 0.667. The lowest BCUT2D eigenvalue weighted by Crippen LogP contribution is -2.48. The highest BCUT2D eigenvalue weighted by molar-refractivity contribution is 9.10. The van der Waals surface area contributed by atoms with E-state index in [1.54, 1.807) is 4.90 Å². The zero-order chi connectivity index (χ0) is 18.0. The first-order valence-electron chi connectivity index (χ1n) is 7.56. The Bertz CT molecular complexity index is 605. The van der Waals surface area contributed by atoms with Crippen molar-refractivity contribution in [1.82, 2.24) is 9.88 Å². The molecule has 0 bridgehead atoms. The number of carboxylic acid groups (broad SMARTS) is 1. The molecular weight excluding hydrogens is 400 g/mol. The van der Waals surface area contributed by atoms with Gasteiger partial charge in [0.2, 0.25) is 0 Å². The summed E-state index contributed by atoms with van der Waals surface area (Å²) in [4.78, 5) is 29.1. The SMILES string of the molecule is CC(C)(C)OC(=O)N1CCC(OCC(=O)O)(c2nc(Br)cs2)CC1. The average molecular weight is 421 g/mol. The molecular formula is C15H21BrN2O5S. The van der Waals surface area contributed by atoms with Gasteiger partial charge in [-0.1, -0.05) is 0 Å². The molecule has 134 valence electrons. The van der Waals surface area contributed by atoms with E-state index in [9.17, 15) is 9.59 Å². The number of ether oxygens (including phenoxy) is 2. The maximum Gasteiger partial charge on any atom is 0.410 e. The first-order chi connectivity index (χ1) is 11.1. The van der Waals surface area contributed by atoms with E-state index in [0.717, 1.165) is 5.01 Å². The lowest BCUT2D eigenvalue weighted by Gasteiger charge is -2.40. The molecule has 0 atom stereocenters. The number of aromatic nitrogens is 1. The van der Waals surface area contributed by atoms with Crippen molar-refractivity contribution < 1.29 is 24.2 Å². The summed E-state index contributed by atoms with van der Waals surface area (Å²) in [6.07, 6.45) is 0.577. The van der Waals surface area contributed by atoms with Crippen molar-refractivity contribution in [2.75, 3.05) is 19.7 Å². The Hall–Kier alpha value is -1.19. The van der Waals surface area contributed by atoms with Crippen LogP contribution in [0.25, 0.3) is 0 Å². The number of carbonyl (C=O) groups excluding carboxylic acids is 1. The van der Waals surface area contributed by atoms with E-state index in [0.29, 0.717) is 30.5 Å². The van der Waals surface area contributed by atoms with Gasteiger partial charge in [0.15, 0.2) is 0 Å². The van der Waals surface area contributed by atoms with Crippen molar-refractivity contribution in [3.63, 3.8) is 0 Å². The molecule has 1 aliphatic heterocycles. The van der Waals surface area contributed by atoms with Gasteiger partial charge in [-0.05, 0) is 36.7 Å². The highest BCUT2D eigenvalue weighted by Crippen LogP contribution is 2.39. The van der Waals surface area contributed by atoms with Gasteiger partial charge in [0.05, 0.1) is 0 Å². The fourth-order valence-corrected chi connectivity index (χ4v) is 3.93. The molecule has 0 spiro atoms. The van der Waals surface area contributed by atoms with Crippen LogP contribution < -0.4 is 0 Å². The van der Waals surface area contributed by atoms with Gasteiger partial charge in [-0.25, -0.2) is 14.6 Å². The molecule has 0 aliphatic carbocycles. The molecule has 2 rings (SSSR count). The predicted molar refractivity (Wildman–Crippen MR) is 92.1 cm³/mol. The van der Waals surface area contributed by atoms with Gasteiger partial charge in [0.1, 0.15) is 27.4 Å². The van der Waals surface area contributed by atoms with Gasteiger partial charge in [-0.3, -0.25) is 0 Å². The largest absolute Gasteiger partial charge is 0.480 e. The minimum atomic E-state index is -1.03. The molecule has 0 unspecified atom stereocenters. The molecule has 7 nitrogen and oxygen atoms in total. The molecule has 1 amide bonds. The quantitative estimate of drug-likeness (QED) is 0.803. The van der Waals surface area contributed by atoms with Crippen LogP contribution in [0.2, 0.25) is 0 Å². The minimum Gasteiger partial charge on any atom is -0.480 e. The molecule has 0 aromatic carbocycles. The maximum atomic E-state index is 12.2. The van der Waals surface area contributed by atoms with Gasteiger partial charge in [0.25, 0.3) is 0 Å². The predicted octanol–water partition coefficient (Wildman–Crippen LogP) is 3.23. The van der Waals surface area contributed by atoms with Crippen LogP contribution in [0.15, 0.2) is 9.98 Å². The van der Waals surface area contributed by atoms with E-state index >= 15 is 0 Å². The summed E-state index contributed by atoms with van der Waals surface area (Å²) in [6.45, 7) is 5.91. The van der Waals surface area contributed by atoms with Crippen molar-refractivity contribution >= 4 is 39.3 Å². The van der Waals surface area contributed by atoms with Crippen molar-refractivity contribution in [1.29, 1.82) is 0 Å². The number of halogens is 1. The van der Waals surface area contributed by atoms with Gasteiger partial charge >= 0.3 is 12.1 Å². The van der Waals surface area contributed by atoms with E-state index in [1.165, 1.54) is 11.3 Å². The number of thiazole rings is 1. The number of nitrogens with zero attached hydrogens (tertiary/aromatic N) is 2. The third kappa shape index (κ3) is 4.90. The second-order valence-corrected chi connectivity index (χ2v) is 8.29. The number of carbonyl (C=O) groups is 2. The summed E-state index contributed by atoms with van der Waals surface area (Å²) in [7, 11) is 0. The smallest absolute Gasteiger partial charge is 0.410 e. The summed E-state index contributed by atoms with van der Waals surface area (Å²) >= 11 is 4.73. The van der Waals surface area contributed by atoms with Crippen molar-refractivity contribution in [2.24, 2.45) is 0 Å². The summed E-state index contributed by atoms with van der Waals surface area (Å²) in [5, 5.41) is 11.5. The molecule has 1 aromatic rings. The monoisotopic (exact) mass is 420 g/mol. The van der Waals surface area contributed by atoms with E-state index in [1.807, 2.05) is 26.2 Å². The lowest BCUT2D eigenvalue weighted by molar-refractivity contribution is -0.155. The standard InChI is InChI=1S/C15H21BrN2O5S/c1-14(2,3)23-13(21)18-6-4-15(5-7-18,22-8-11(19)20)12-17-10(16)9-24-12/h9H,4-8H2,1-3H3,(H,19,20). The number of amides is 1. The van der Waals surface area contributed by atoms with Crippen LogP contribution in [-0.2, 0) is 19.9 Å². The molecule has 9 heteroatoms. The molecule has 0 radical (unpaired) electrons. The van der Waals surface area contributed by atoms with Crippen LogP contribution in [0.3, 0.4) is 0 Å². The topological polar surface area (TPSA) is 89.0 Å². The number of hydrogen-bond acceptors (Lipinski definition) is 6. The molecule has 1 aliphatic rings. The van der Waals surface area contributed by atoms with Crippen molar-refractivity contribution in [2.45, 2.75) is 44.8 Å². The Labute approximate surface area is 153 Å². The zero-order valence-corrected chi connectivity index (χ0v) is 16.3. The van der Waals surface area contributed by atoms with Crippen molar-refractivity contribution in [3.05, 3.63) is 15.0 Å².